The van der Waals surface area contributed by atoms with Gasteiger partial charge >= 0.3 is 5.97 Å². The van der Waals surface area contributed by atoms with E-state index in [2.05, 4.69) is 0 Å². The molecule has 0 aliphatic carbocycles. The fourth-order valence-electron chi connectivity index (χ4n) is 1.48. The number of carboxylic acids is 1. The van der Waals surface area contributed by atoms with Gasteiger partial charge in [0, 0.05) is 18.4 Å². The topological polar surface area (TPSA) is 63.6 Å². The summed E-state index contributed by atoms with van der Waals surface area (Å²) in [6.07, 6.45) is 1.66. The van der Waals surface area contributed by atoms with E-state index < -0.39 is 5.97 Å². The van der Waals surface area contributed by atoms with Crippen LogP contribution >= 0.6 is 0 Å². The van der Waals surface area contributed by atoms with E-state index in [-0.39, 0.29) is 12.2 Å². The number of carbonyl (C=O) groups is 2. The van der Waals surface area contributed by atoms with Crippen LogP contribution in [0.1, 0.15) is 36.0 Å². The van der Waals surface area contributed by atoms with Crippen LogP contribution in [-0.2, 0) is 4.79 Å². The maximum Gasteiger partial charge on any atom is 0.303 e. The Morgan fingerprint density at radius 3 is 2.24 bits per heavy atom. The van der Waals surface area contributed by atoms with Gasteiger partial charge in [0.25, 0.3) is 0 Å². The van der Waals surface area contributed by atoms with Crippen LogP contribution in [0.15, 0.2) is 24.3 Å². The zero-order chi connectivity index (χ0) is 12.7. The maximum atomic E-state index is 11.7. The van der Waals surface area contributed by atoms with Crippen molar-refractivity contribution in [3.63, 3.8) is 0 Å². The molecule has 0 heterocycles. The van der Waals surface area contributed by atoms with Crippen molar-refractivity contribution in [1.29, 1.82) is 0 Å². The Morgan fingerprint density at radius 1 is 1.12 bits per heavy atom. The number of carbonyl (C=O) groups excluding carboxylic acids is 1. The highest BCUT2D eigenvalue weighted by atomic mass is 16.5. The van der Waals surface area contributed by atoms with Gasteiger partial charge < -0.3 is 9.84 Å². The summed E-state index contributed by atoms with van der Waals surface area (Å²) in [6, 6.07) is 6.92. The normalized spacial score (nSPS) is 9.94. The summed E-state index contributed by atoms with van der Waals surface area (Å²) in [6.45, 7) is 0. The molecule has 0 unspecified atom stereocenters. The smallest absolute Gasteiger partial charge is 0.303 e. The molecule has 92 valence electrons. The molecule has 0 aliphatic heterocycles. The molecule has 0 aromatic heterocycles. The van der Waals surface area contributed by atoms with Crippen molar-refractivity contribution in [1.82, 2.24) is 0 Å². The third kappa shape index (κ3) is 4.68. The first kappa shape index (κ1) is 13.2. The van der Waals surface area contributed by atoms with Crippen LogP contribution in [0.2, 0.25) is 0 Å². The van der Waals surface area contributed by atoms with E-state index in [1.54, 1.807) is 31.4 Å². The average molecular weight is 236 g/mol. The lowest BCUT2D eigenvalue weighted by Gasteiger charge is -2.02. The standard InChI is InChI=1S/C13H16O4/c1-17-11-8-6-10(7-9-11)12(14)4-2-3-5-13(15)16/h6-9H,2-5H2,1H3,(H,15,16). The fraction of sp³-hybridized carbons (Fsp3) is 0.385. The van der Waals surface area contributed by atoms with Gasteiger partial charge in [0.1, 0.15) is 5.75 Å². The number of hydrogen-bond acceptors (Lipinski definition) is 3. The second kappa shape index (κ2) is 6.68. The molecule has 1 rings (SSSR count). The third-order valence-electron chi connectivity index (χ3n) is 2.46. The highest BCUT2D eigenvalue weighted by Gasteiger charge is 2.06. The van der Waals surface area contributed by atoms with Gasteiger partial charge in [0.15, 0.2) is 5.78 Å². The lowest BCUT2D eigenvalue weighted by atomic mass is 10.0. The summed E-state index contributed by atoms with van der Waals surface area (Å²) in [5.41, 5.74) is 0.640. The van der Waals surface area contributed by atoms with Crippen LogP contribution in [-0.4, -0.2) is 24.0 Å². The van der Waals surface area contributed by atoms with Gasteiger partial charge in [-0.15, -0.1) is 0 Å². The number of hydrogen-bond donors (Lipinski definition) is 1. The molecule has 1 N–H and O–H groups in total. The van der Waals surface area contributed by atoms with Gasteiger partial charge in [-0.1, -0.05) is 0 Å². The second-order valence-corrected chi connectivity index (χ2v) is 3.75. The minimum absolute atomic E-state index is 0.0399. The number of benzene rings is 1. The SMILES string of the molecule is COc1ccc(C(=O)CCCCC(=O)O)cc1. The molecule has 0 aliphatic rings. The summed E-state index contributed by atoms with van der Waals surface area (Å²) in [5.74, 6) is -0.0626. The Balaban J connectivity index is 2.38. The molecule has 0 spiro atoms. The van der Waals surface area contributed by atoms with Crippen molar-refractivity contribution < 1.29 is 19.4 Å². The second-order valence-electron chi connectivity index (χ2n) is 3.75. The number of methoxy groups -OCH3 is 1. The number of ether oxygens (including phenoxy) is 1. The van der Waals surface area contributed by atoms with E-state index in [0.717, 1.165) is 0 Å². The van der Waals surface area contributed by atoms with Crippen LogP contribution in [0.25, 0.3) is 0 Å². The van der Waals surface area contributed by atoms with Crippen molar-refractivity contribution in [2.75, 3.05) is 7.11 Å². The van der Waals surface area contributed by atoms with Gasteiger partial charge in [0.05, 0.1) is 7.11 Å². The molecule has 0 amide bonds. The molecule has 0 fully saturated rings. The van der Waals surface area contributed by atoms with Crippen molar-refractivity contribution in [3.05, 3.63) is 29.8 Å². The number of ketones is 1. The lowest BCUT2D eigenvalue weighted by Crippen LogP contribution is -2.00. The molecule has 0 radical (unpaired) electrons. The maximum absolute atomic E-state index is 11.7. The molecular formula is C13H16O4. The number of rotatable bonds is 7. The van der Waals surface area contributed by atoms with Crippen molar-refractivity contribution >= 4 is 11.8 Å². The van der Waals surface area contributed by atoms with E-state index in [1.165, 1.54) is 0 Å². The third-order valence-corrected chi connectivity index (χ3v) is 2.46. The zero-order valence-electron chi connectivity index (χ0n) is 9.81. The fourth-order valence-corrected chi connectivity index (χ4v) is 1.48. The Labute approximate surface area is 100 Å². The Bertz CT molecular complexity index is 381. The largest absolute Gasteiger partial charge is 0.497 e. The van der Waals surface area contributed by atoms with E-state index in [4.69, 9.17) is 9.84 Å². The number of unbranched alkanes of at least 4 members (excludes halogenated alkanes) is 1. The van der Waals surface area contributed by atoms with Crippen molar-refractivity contribution in [2.45, 2.75) is 25.7 Å². The van der Waals surface area contributed by atoms with E-state index in [9.17, 15) is 9.59 Å². The summed E-state index contributed by atoms with van der Waals surface area (Å²) in [7, 11) is 1.57. The average Bonchev–Trinajstić information content (AvgIpc) is 2.34. The molecule has 1 aromatic rings. The minimum atomic E-state index is -0.818. The molecule has 1 aromatic carbocycles. The van der Waals surface area contributed by atoms with Gasteiger partial charge in [-0.05, 0) is 37.1 Å². The van der Waals surface area contributed by atoms with E-state index in [1.807, 2.05) is 0 Å². The predicted octanol–water partition coefficient (Wildman–Crippen LogP) is 2.52. The number of carboxylic acid groups (broad SMARTS) is 1. The molecule has 17 heavy (non-hydrogen) atoms. The molecule has 0 bridgehead atoms. The van der Waals surface area contributed by atoms with E-state index >= 15 is 0 Å². The highest BCUT2D eigenvalue weighted by Crippen LogP contribution is 2.14. The summed E-state index contributed by atoms with van der Waals surface area (Å²) >= 11 is 0. The number of aliphatic carboxylic acids is 1. The molecule has 4 nitrogen and oxygen atoms in total. The summed E-state index contributed by atoms with van der Waals surface area (Å²) in [5, 5.41) is 8.45. The van der Waals surface area contributed by atoms with Crippen LogP contribution in [0.5, 0.6) is 5.75 Å². The first-order valence-electron chi connectivity index (χ1n) is 5.52. The lowest BCUT2D eigenvalue weighted by molar-refractivity contribution is -0.137. The predicted molar refractivity (Wildman–Crippen MR) is 63.4 cm³/mol. The van der Waals surface area contributed by atoms with Gasteiger partial charge in [-0.3, -0.25) is 9.59 Å². The Kier molecular flexibility index (Phi) is 5.20. The number of Topliss-reactive ketones (excluding diaryl/α,β-unsaturated/α-hetero) is 1. The van der Waals surface area contributed by atoms with Crippen molar-refractivity contribution in [3.8, 4) is 5.75 Å². The highest BCUT2D eigenvalue weighted by molar-refractivity contribution is 5.96. The van der Waals surface area contributed by atoms with Crippen molar-refractivity contribution in [2.24, 2.45) is 0 Å². The molecule has 4 heteroatoms. The monoisotopic (exact) mass is 236 g/mol. The zero-order valence-corrected chi connectivity index (χ0v) is 9.81. The van der Waals surface area contributed by atoms with Crippen LogP contribution in [0, 0.1) is 0 Å². The molecule has 0 saturated carbocycles. The van der Waals surface area contributed by atoms with Gasteiger partial charge in [-0.25, -0.2) is 0 Å². The summed E-state index contributed by atoms with van der Waals surface area (Å²) in [4.78, 5) is 22.0. The van der Waals surface area contributed by atoms with Crippen LogP contribution < -0.4 is 4.74 Å². The van der Waals surface area contributed by atoms with Gasteiger partial charge in [0.2, 0.25) is 0 Å². The Hall–Kier alpha value is -1.84. The van der Waals surface area contributed by atoms with Crippen LogP contribution in [0.4, 0.5) is 0 Å². The minimum Gasteiger partial charge on any atom is -0.497 e. The molecule has 0 saturated heterocycles. The quantitative estimate of drug-likeness (QED) is 0.583. The van der Waals surface area contributed by atoms with E-state index in [0.29, 0.717) is 30.6 Å². The van der Waals surface area contributed by atoms with Gasteiger partial charge in [-0.2, -0.15) is 0 Å². The first-order valence-corrected chi connectivity index (χ1v) is 5.52. The van der Waals surface area contributed by atoms with Crippen LogP contribution in [0.3, 0.4) is 0 Å². The summed E-state index contributed by atoms with van der Waals surface area (Å²) < 4.78 is 5.00. The molecular weight excluding hydrogens is 220 g/mol. The molecule has 0 atom stereocenters. The Morgan fingerprint density at radius 2 is 1.71 bits per heavy atom. The first-order chi connectivity index (χ1) is 8.13.